The third kappa shape index (κ3) is 8.50. The maximum atomic E-state index is 13.7. The molecule has 250 valence electrons. The van der Waals surface area contributed by atoms with Crippen LogP contribution in [0, 0.1) is 11.8 Å². The van der Waals surface area contributed by atoms with E-state index in [2.05, 4.69) is 41.9 Å². The Labute approximate surface area is 280 Å². The Morgan fingerprint density at radius 3 is 2.27 bits per heavy atom. The van der Waals surface area contributed by atoms with E-state index in [-0.39, 0.29) is 29.7 Å². The van der Waals surface area contributed by atoms with E-state index >= 15 is 0 Å². The molecule has 1 aliphatic heterocycles. The van der Waals surface area contributed by atoms with Crippen LogP contribution in [0.1, 0.15) is 54.4 Å². The smallest absolute Gasteiger partial charge is 0.251 e. The van der Waals surface area contributed by atoms with Gasteiger partial charge >= 0.3 is 0 Å². The van der Waals surface area contributed by atoms with E-state index < -0.39 is 6.04 Å². The van der Waals surface area contributed by atoms with Crippen LogP contribution in [0.25, 0.3) is 22.5 Å². The van der Waals surface area contributed by atoms with Crippen molar-refractivity contribution in [2.75, 3.05) is 25.0 Å². The standard InChI is InChI=1S/C36H43N9O3/c37-22-24-6-10-27(11-7-24)34(46)41-32(36(48)40-30-14-12-26(13-15-30)33-42-44-45-43-33)20-23-4-8-25(9-5-23)28-2-1-3-29(21-28)35(47)39-31-16-18-38-19-17-31/h1-5,8-9,12-15,21,24,27,31-32,38H,6-7,10-11,16-20,22,37H2,(H,39,47)(H,40,48)(H,41,46)(H,42,43,44,45). The summed E-state index contributed by atoms with van der Waals surface area (Å²) in [5, 5.41) is 26.5. The second kappa shape index (κ2) is 15.8. The molecule has 0 radical (unpaired) electrons. The van der Waals surface area contributed by atoms with Crippen molar-refractivity contribution in [3.8, 4) is 22.5 Å². The molecule has 1 saturated heterocycles. The van der Waals surface area contributed by atoms with Gasteiger partial charge < -0.3 is 27.0 Å². The van der Waals surface area contributed by atoms with Crippen molar-refractivity contribution in [3.05, 3.63) is 83.9 Å². The first-order valence-electron chi connectivity index (χ1n) is 16.8. The van der Waals surface area contributed by atoms with Gasteiger partial charge in [-0.25, -0.2) is 0 Å². The lowest BCUT2D eigenvalue weighted by Crippen LogP contribution is -2.48. The molecule has 7 N–H and O–H groups in total. The van der Waals surface area contributed by atoms with Crippen LogP contribution < -0.4 is 27.0 Å². The first-order chi connectivity index (χ1) is 23.4. The zero-order valence-electron chi connectivity index (χ0n) is 27.0. The SMILES string of the molecule is NCC1CCC(C(=O)NC(Cc2ccc(-c3cccc(C(=O)NC4CCNCC4)c3)cc2)C(=O)Nc2ccc(-c3nn[nH]n3)cc2)CC1. The Morgan fingerprint density at radius 1 is 0.854 bits per heavy atom. The molecule has 12 nitrogen and oxygen atoms in total. The monoisotopic (exact) mass is 649 g/mol. The lowest BCUT2D eigenvalue weighted by Gasteiger charge is -2.28. The molecule has 3 amide bonds. The number of aromatic nitrogens is 4. The van der Waals surface area contributed by atoms with Crippen LogP contribution in [0.15, 0.2) is 72.8 Å². The molecule has 2 aliphatic rings. The van der Waals surface area contributed by atoms with Gasteiger partial charge in [0.25, 0.3) is 5.91 Å². The molecule has 2 heterocycles. The van der Waals surface area contributed by atoms with Crippen molar-refractivity contribution in [2.24, 2.45) is 17.6 Å². The molecule has 1 aliphatic carbocycles. The van der Waals surface area contributed by atoms with Gasteiger partial charge in [-0.15, -0.1) is 10.2 Å². The van der Waals surface area contributed by atoms with Crippen LogP contribution >= 0.6 is 0 Å². The number of H-pyrrole nitrogens is 1. The number of hydrogen-bond donors (Lipinski definition) is 6. The predicted octanol–water partition coefficient (Wildman–Crippen LogP) is 3.45. The van der Waals surface area contributed by atoms with Gasteiger partial charge in [-0.2, -0.15) is 5.21 Å². The van der Waals surface area contributed by atoms with Gasteiger partial charge in [-0.05, 0) is 122 Å². The minimum atomic E-state index is -0.783. The van der Waals surface area contributed by atoms with Crippen molar-refractivity contribution in [3.63, 3.8) is 0 Å². The number of anilines is 1. The van der Waals surface area contributed by atoms with Gasteiger partial charge in [0.05, 0.1) is 0 Å². The first-order valence-corrected chi connectivity index (χ1v) is 16.8. The van der Waals surface area contributed by atoms with Gasteiger partial charge in [0.1, 0.15) is 6.04 Å². The number of rotatable bonds is 11. The summed E-state index contributed by atoms with van der Waals surface area (Å²) in [7, 11) is 0. The Morgan fingerprint density at radius 2 is 1.58 bits per heavy atom. The number of nitrogens with one attached hydrogen (secondary N) is 5. The third-order valence-electron chi connectivity index (χ3n) is 9.47. The molecule has 12 heteroatoms. The lowest BCUT2D eigenvalue weighted by atomic mass is 9.81. The van der Waals surface area contributed by atoms with Crippen molar-refractivity contribution in [1.29, 1.82) is 0 Å². The normalized spacial score (nSPS) is 18.9. The topological polar surface area (TPSA) is 180 Å². The number of hydrogen-bond acceptors (Lipinski definition) is 8. The fourth-order valence-corrected chi connectivity index (χ4v) is 6.52. The van der Waals surface area contributed by atoms with E-state index in [4.69, 9.17) is 5.73 Å². The summed E-state index contributed by atoms with van der Waals surface area (Å²) in [5.74, 6) is 0.298. The molecule has 2 fully saturated rings. The van der Waals surface area contributed by atoms with Crippen LogP contribution in [0.3, 0.4) is 0 Å². The average molecular weight is 650 g/mol. The number of amides is 3. The molecule has 6 rings (SSSR count). The summed E-state index contributed by atoms with van der Waals surface area (Å²) in [6.07, 6.45) is 5.54. The average Bonchev–Trinajstić information content (AvgIpc) is 3.68. The summed E-state index contributed by atoms with van der Waals surface area (Å²) in [5.41, 5.74) is 10.6. The second-order valence-electron chi connectivity index (χ2n) is 12.8. The minimum Gasteiger partial charge on any atom is -0.349 e. The maximum absolute atomic E-state index is 13.7. The Kier molecular flexibility index (Phi) is 10.8. The lowest BCUT2D eigenvalue weighted by molar-refractivity contribution is -0.130. The Balaban J connectivity index is 1.14. The fraction of sp³-hybridized carbons (Fsp3) is 0.389. The molecule has 1 aromatic heterocycles. The largest absolute Gasteiger partial charge is 0.349 e. The molecule has 4 aromatic rings. The highest BCUT2D eigenvalue weighted by Crippen LogP contribution is 2.29. The van der Waals surface area contributed by atoms with Crippen LogP contribution in [0.4, 0.5) is 5.69 Å². The summed E-state index contributed by atoms with van der Waals surface area (Å²) in [4.78, 5) is 40.0. The highest BCUT2D eigenvalue weighted by Gasteiger charge is 2.29. The molecular weight excluding hydrogens is 606 g/mol. The highest BCUT2D eigenvalue weighted by atomic mass is 16.2. The number of carbonyl (C=O) groups excluding carboxylic acids is 3. The summed E-state index contributed by atoms with van der Waals surface area (Å²) < 4.78 is 0. The summed E-state index contributed by atoms with van der Waals surface area (Å²) >= 11 is 0. The summed E-state index contributed by atoms with van der Waals surface area (Å²) in [6, 6.07) is 22.1. The molecule has 48 heavy (non-hydrogen) atoms. The van der Waals surface area contributed by atoms with Crippen LogP contribution in [-0.2, 0) is 16.0 Å². The van der Waals surface area contributed by atoms with Crippen LogP contribution in [0.2, 0.25) is 0 Å². The maximum Gasteiger partial charge on any atom is 0.251 e. The number of carbonyl (C=O) groups is 3. The van der Waals surface area contributed by atoms with E-state index in [1.807, 2.05) is 48.5 Å². The van der Waals surface area contributed by atoms with E-state index in [0.29, 0.717) is 36.0 Å². The number of aromatic amines is 1. The van der Waals surface area contributed by atoms with Crippen molar-refractivity contribution < 1.29 is 14.4 Å². The zero-order valence-corrected chi connectivity index (χ0v) is 27.0. The highest BCUT2D eigenvalue weighted by molar-refractivity contribution is 5.98. The fourth-order valence-electron chi connectivity index (χ4n) is 6.52. The molecule has 1 unspecified atom stereocenters. The second-order valence-corrected chi connectivity index (χ2v) is 12.8. The van der Waals surface area contributed by atoms with Gasteiger partial charge in [0.2, 0.25) is 17.6 Å². The van der Waals surface area contributed by atoms with Crippen LogP contribution in [-0.4, -0.2) is 70.1 Å². The molecule has 0 spiro atoms. The molecule has 3 aromatic carbocycles. The zero-order chi connectivity index (χ0) is 33.3. The van der Waals surface area contributed by atoms with Crippen molar-refractivity contribution in [1.82, 2.24) is 36.6 Å². The number of nitrogens with zero attached hydrogens (tertiary/aromatic N) is 3. The number of piperidine rings is 1. The molecular formula is C36H43N9O3. The van der Waals surface area contributed by atoms with Crippen LogP contribution in [0.5, 0.6) is 0 Å². The number of benzene rings is 3. The molecule has 1 atom stereocenters. The molecule has 0 bridgehead atoms. The Hall–Kier alpha value is -4.94. The first kappa shape index (κ1) is 33.0. The molecule has 1 saturated carbocycles. The van der Waals surface area contributed by atoms with Gasteiger partial charge in [0.15, 0.2) is 0 Å². The van der Waals surface area contributed by atoms with Gasteiger partial charge in [0, 0.05) is 35.2 Å². The van der Waals surface area contributed by atoms with E-state index in [0.717, 1.165) is 73.9 Å². The van der Waals surface area contributed by atoms with Crippen molar-refractivity contribution >= 4 is 23.4 Å². The minimum absolute atomic E-state index is 0.0640. The number of tetrazole rings is 1. The van der Waals surface area contributed by atoms with Gasteiger partial charge in [-0.3, -0.25) is 14.4 Å². The third-order valence-corrected chi connectivity index (χ3v) is 9.47. The van der Waals surface area contributed by atoms with Gasteiger partial charge in [-0.1, -0.05) is 36.4 Å². The predicted molar refractivity (Wildman–Crippen MR) is 184 cm³/mol. The van der Waals surface area contributed by atoms with E-state index in [1.54, 1.807) is 24.3 Å². The Bertz CT molecular complexity index is 1660. The summed E-state index contributed by atoms with van der Waals surface area (Å²) in [6.45, 7) is 2.46. The van der Waals surface area contributed by atoms with Crippen molar-refractivity contribution in [2.45, 2.75) is 57.0 Å². The quantitative estimate of drug-likeness (QED) is 0.143. The van der Waals surface area contributed by atoms with E-state index in [9.17, 15) is 14.4 Å². The number of nitrogens with two attached hydrogens (primary N) is 1. The van der Waals surface area contributed by atoms with E-state index in [1.165, 1.54) is 0 Å².